The van der Waals surface area contributed by atoms with Crippen molar-refractivity contribution in [1.82, 2.24) is 40.3 Å². The van der Waals surface area contributed by atoms with Crippen molar-refractivity contribution in [2.75, 3.05) is 75.4 Å². The molecule has 4 aliphatic heterocycles. The molecule has 0 unspecified atom stereocenters. The molecule has 3 aromatic carbocycles. The summed E-state index contributed by atoms with van der Waals surface area (Å²) in [5.41, 5.74) is 6.73. The lowest BCUT2D eigenvalue weighted by molar-refractivity contribution is -0.144. The third-order valence-electron chi connectivity index (χ3n) is 15.9. The maximum absolute atomic E-state index is 14.3. The summed E-state index contributed by atoms with van der Waals surface area (Å²) in [4.78, 5) is 79.8. The number of carbonyl (C=O) groups is 4. The SMILES string of the molecule is C=CC(=O)N1CCN(c2nc(O[C@H](C)CN3CCC(COCC(=O)N[C@H](C(=O)N4C[C@H](O)C[C@H]4C(=O)N[C@@H](C)c4ccc(-c5scnc5C)cc4)C(C)(C)C)CC3)nc3c2CCN(c2cc(O)cc4ccccc24)C3)C[C@@H]1CC#N. The Bertz CT molecular complexity index is 3100. The van der Waals surface area contributed by atoms with Gasteiger partial charge in [-0.25, -0.2) is 4.98 Å². The minimum Gasteiger partial charge on any atom is -0.508 e. The minimum atomic E-state index is -0.975. The number of fused-ring (bicyclic) bond motifs is 2. The van der Waals surface area contributed by atoms with E-state index in [2.05, 4.69) is 49.0 Å². The number of nitrogens with zero attached hydrogens (tertiary/aromatic N) is 9. The zero-order valence-corrected chi connectivity index (χ0v) is 47.6. The van der Waals surface area contributed by atoms with Crippen LogP contribution in [0.2, 0.25) is 0 Å². The number of phenols is 1. The highest BCUT2D eigenvalue weighted by molar-refractivity contribution is 7.13. The van der Waals surface area contributed by atoms with Crippen LogP contribution in [-0.2, 0) is 36.9 Å². The van der Waals surface area contributed by atoms with Crippen LogP contribution < -0.4 is 25.2 Å². The molecule has 4 aliphatic rings. The van der Waals surface area contributed by atoms with E-state index >= 15 is 0 Å². The first-order chi connectivity index (χ1) is 38.4. The summed E-state index contributed by atoms with van der Waals surface area (Å²) >= 11 is 1.57. The van der Waals surface area contributed by atoms with Crippen LogP contribution in [0.3, 0.4) is 0 Å². The molecule has 2 aromatic heterocycles. The van der Waals surface area contributed by atoms with E-state index in [-0.39, 0.29) is 73.7 Å². The summed E-state index contributed by atoms with van der Waals surface area (Å²) in [7, 11) is 0. The average Bonchev–Trinajstić information content (AvgIpc) is 4.09. The number of piperidine rings is 1. The summed E-state index contributed by atoms with van der Waals surface area (Å²) < 4.78 is 12.6. The van der Waals surface area contributed by atoms with Gasteiger partial charge in [0, 0.05) is 68.4 Å². The Morgan fingerprint density at radius 3 is 2.44 bits per heavy atom. The number of aryl methyl sites for hydroxylation is 1. The summed E-state index contributed by atoms with van der Waals surface area (Å²) in [6, 6.07) is 19.4. The number of hydrogen-bond donors (Lipinski definition) is 4. The first-order valence-electron chi connectivity index (χ1n) is 27.8. The number of thiazole rings is 1. The van der Waals surface area contributed by atoms with Crippen molar-refractivity contribution < 1.29 is 38.9 Å². The fourth-order valence-electron chi connectivity index (χ4n) is 11.6. The third-order valence-corrected chi connectivity index (χ3v) is 16.9. The van der Waals surface area contributed by atoms with Crippen molar-refractivity contribution in [2.24, 2.45) is 11.3 Å². The van der Waals surface area contributed by atoms with Gasteiger partial charge >= 0.3 is 6.01 Å². The molecule has 19 nitrogen and oxygen atoms in total. The molecule has 0 bridgehead atoms. The Balaban J connectivity index is 0.776. The second-order valence-electron chi connectivity index (χ2n) is 22.9. The maximum atomic E-state index is 14.3. The lowest BCUT2D eigenvalue weighted by Crippen LogP contribution is -2.58. The molecular weight excluding hydrogens is 1030 g/mol. The van der Waals surface area contributed by atoms with Crippen molar-refractivity contribution in [3.05, 3.63) is 101 Å². The van der Waals surface area contributed by atoms with Crippen molar-refractivity contribution in [2.45, 2.75) is 117 Å². The molecule has 0 saturated carbocycles. The fraction of sp³-hybridized carbons (Fsp3) is 0.500. The number of phenolic OH excluding ortho intramolecular Hbond substituents is 1. The monoisotopic (exact) mass is 1110 g/mol. The topological polar surface area (TPSA) is 230 Å². The highest BCUT2D eigenvalue weighted by Crippen LogP contribution is 2.38. The Kier molecular flexibility index (Phi) is 18.0. The van der Waals surface area contributed by atoms with Crippen molar-refractivity contribution in [3.63, 3.8) is 0 Å². The normalized spacial score (nSPS) is 20.1. The summed E-state index contributed by atoms with van der Waals surface area (Å²) in [5.74, 6) is -0.297. The lowest BCUT2D eigenvalue weighted by atomic mass is 9.85. The highest BCUT2D eigenvalue weighted by atomic mass is 32.1. The number of nitrogens with one attached hydrogen (secondary N) is 2. The van der Waals surface area contributed by atoms with E-state index in [1.807, 2.05) is 89.5 Å². The number of anilines is 2. The Hall–Kier alpha value is -7.18. The number of rotatable bonds is 18. The van der Waals surface area contributed by atoms with Gasteiger partial charge in [0.25, 0.3) is 0 Å². The highest BCUT2D eigenvalue weighted by Gasteiger charge is 2.45. The molecule has 5 aromatic rings. The number of likely N-dealkylation sites (tertiary alicyclic amines) is 2. The molecule has 6 heterocycles. The van der Waals surface area contributed by atoms with Gasteiger partial charge < -0.3 is 49.9 Å². The van der Waals surface area contributed by atoms with E-state index in [0.29, 0.717) is 52.3 Å². The van der Waals surface area contributed by atoms with Gasteiger partial charge in [-0.1, -0.05) is 75.9 Å². The molecule has 20 heteroatoms. The van der Waals surface area contributed by atoms with E-state index < -0.39 is 35.4 Å². The molecule has 9 rings (SSSR count). The predicted octanol–water partition coefficient (Wildman–Crippen LogP) is 6.31. The van der Waals surface area contributed by atoms with E-state index in [1.54, 1.807) is 28.4 Å². The lowest BCUT2D eigenvalue weighted by Gasteiger charge is -2.42. The summed E-state index contributed by atoms with van der Waals surface area (Å²) in [5, 5.41) is 39.2. The van der Waals surface area contributed by atoms with Gasteiger partial charge in [0.05, 0.1) is 65.6 Å². The zero-order chi connectivity index (χ0) is 56.8. The Morgan fingerprint density at radius 2 is 1.73 bits per heavy atom. The van der Waals surface area contributed by atoms with E-state index in [1.165, 1.54) is 11.0 Å². The second kappa shape index (κ2) is 25.1. The van der Waals surface area contributed by atoms with Gasteiger partial charge in [-0.3, -0.25) is 24.1 Å². The Morgan fingerprint density at radius 1 is 0.963 bits per heavy atom. The number of aliphatic hydroxyl groups is 1. The van der Waals surface area contributed by atoms with E-state index in [4.69, 9.17) is 19.4 Å². The van der Waals surface area contributed by atoms with Gasteiger partial charge in [-0.15, -0.1) is 11.3 Å². The number of aromatic nitrogens is 3. The molecule has 0 aliphatic carbocycles. The number of β-amino-alcohol motifs (C(OH)–C–C–N with tert-alkyl or cyclic N) is 1. The number of hydrogen-bond acceptors (Lipinski definition) is 16. The van der Waals surface area contributed by atoms with Crippen molar-refractivity contribution >= 4 is 57.2 Å². The Labute approximate surface area is 472 Å². The largest absolute Gasteiger partial charge is 0.508 e. The van der Waals surface area contributed by atoms with Crippen molar-refractivity contribution in [1.29, 1.82) is 5.26 Å². The average molecular weight is 1110 g/mol. The zero-order valence-electron chi connectivity index (χ0n) is 46.8. The van der Waals surface area contributed by atoms with Crippen LogP contribution in [0.4, 0.5) is 11.5 Å². The van der Waals surface area contributed by atoms with Crippen molar-refractivity contribution in [3.8, 4) is 28.3 Å². The molecule has 3 saturated heterocycles. The van der Waals surface area contributed by atoms with Gasteiger partial charge in [-0.2, -0.15) is 15.2 Å². The fourth-order valence-corrected chi connectivity index (χ4v) is 12.4. The van der Waals surface area contributed by atoms with Crippen LogP contribution in [0.25, 0.3) is 21.2 Å². The first-order valence-corrected chi connectivity index (χ1v) is 28.7. The molecule has 0 spiro atoms. The van der Waals surface area contributed by atoms with Gasteiger partial charge in [-0.05, 0) is 93.1 Å². The van der Waals surface area contributed by atoms with Crippen LogP contribution in [0.15, 0.2) is 78.8 Å². The number of carbonyl (C=O) groups excluding carboxylic acids is 4. The molecule has 0 radical (unpaired) electrons. The van der Waals surface area contributed by atoms with Gasteiger partial charge in [0.15, 0.2) is 0 Å². The number of ether oxygens (including phenoxy) is 2. The van der Waals surface area contributed by atoms with Crippen LogP contribution in [0, 0.1) is 29.6 Å². The summed E-state index contributed by atoms with van der Waals surface area (Å²) in [6.07, 6.45) is 2.71. The molecule has 4 N–H and O–H groups in total. The van der Waals surface area contributed by atoms with Crippen LogP contribution >= 0.6 is 11.3 Å². The van der Waals surface area contributed by atoms with E-state index in [0.717, 1.165) is 81.2 Å². The molecular formula is C60H75N11O8S. The summed E-state index contributed by atoms with van der Waals surface area (Å²) in [6.45, 7) is 19.9. The van der Waals surface area contributed by atoms with Crippen LogP contribution in [-0.4, -0.2) is 159 Å². The smallest absolute Gasteiger partial charge is 0.318 e. The number of benzene rings is 3. The molecule has 6 atom stereocenters. The first kappa shape index (κ1) is 57.5. The molecule has 424 valence electrons. The van der Waals surface area contributed by atoms with Crippen LogP contribution in [0.5, 0.6) is 11.8 Å². The number of aromatic hydroxyl groups is 1. The van der Waals surface area contributed by atoms with Gasteiger partial charge in [0.1, 0.15) is 36.4 Å². The maximum Gasteiger partial charge on any atom is 0.318 e. The molecule has 3 fully saturated rings. The number of piperazine rings is 1. The van der Waals surface area contributed by atoms with Gasteiger partial charge in [0.2, 0.25) is 23.6 Å². The van der Waals surface area contributed by atoms with E-state index in [9.17, 15) is 34.7 Å². The van der Waals surface area contributed by atoms with Crippen LogP contribution in [0.1, 0.15) is 88.9 Å². The third kappa shape index (κ3) is 13.3. The number of nitriles is 1. The minimum absolute atomic E-state index is 0.0240. The standard InChI is InChI=1S/C60H75N11O8S/c1-8-53(75)70-26-25-69(31-44(70)17-21-61)56-48-20-24-68(50-28-45(72)27-43-11-9-10-12-47(43)50)33-49(48)64-59(66-56)79-37(2)30-67-22-18-40(19-23-67)34-78-35-52(74)65-55(60(5,6)7)58(77)71-32-46(73)29-51(71)57(76)63-38(3)41-13-15-42(16-14-41)54-39(4)62-36-80-54/h8-16,27-28,36-38,40,44,46,51,55,72-73H,1,17-20,22-26,29-35H2,2-7H3,(H,63,76)(H,65,74)/t37-,38+,44+,46-,51+,55-/m1/s1. The number of aliphatic hydroxyl groups excluding tert-OH is 1. The molecule has 4 amide bonds. The predicted molar refractivity (Wildman–Crippen MR) is 307 cm³/mol. The molecule has 80 heavy (non-hydrogen) atoms. The second-order valence-corrected chi connectivity index (χ2v) is 23.7. The number of amides is 4. The quantitative estimate of drug-likeness (QED) is 0.0705.